The Morgan fingerprint density at radius 2 is 1.50 bits per heavy atom. The largest absolute Gasteiger partial charge is 0.313 e. The molecule has 1 heterocycles. The zero-order valence-corrected chi connectivity index (χ0v) is 16.2. The van der Waals surface area contributed by atoms with Crippen LogP contribution in [-0.2, 0) is 11.3 Å². The van der Waals surface area contributed by atoms with E-state index in [1.54, 1.807) is 0 Å². The Balaban J connectivity index is 1.86. The van der Waals surface area contributed by atoms with Crippen molar-refractivity contribution >= 4 is 27.5 Å². The summed E-state index contributed by atoms with van der Waals surface area (Å²) in [4.78, 5) is 18.6. The predicted molar refractivity (Wildman–Crippen MR) is 115 cm³/mol. The second kappa shape index (κ2) is 8.19. The van der Waals surface area contributed by atoms with Crippen molar-refractivity contribution in [3.63, 3.8) is 0 Å². The van der Waals surface area contributed by atoms with Crippen LogP contribution in [0.25, 0.3) is 10.2 Å². The van der Waals surface area contributed by atoms with Gasteiger partial charge in [0.1, 0.15) is 0 Å². The summed E-state index contributed by atoms with van der Waals surface area (Å²) >= 11 is 1.53. The van der Waals surface area contributed by atoms with Crippen LogP contribution >= 0.6 is 11.3 Å². The summed E-state index contributed by atoms with van der Waals surface area (Å²) in [5.74, 6) is -0.591. The highest BCUT2D eigenvalue weighted by molar-refractivity contribution is 7.16. The minimum absolute atomic E-state index is 0.165. The number of thiazole rings is 1. The maximum absolute atomic E-state index is 13.3. The number of rotatable bonds is 5. The van der Waals surface area contributed by atoms with E-state index in [0.29, 0.717) is 11.3 Å². The van der Waals surface area contributed by atoms with Gasteiger partial charge in [0.2, 0.25) is 0 Å². The molecule has 1 aromatic heterocycles. The molecular formula is C24H20N2OS. The fraction of sp³-hybridized carbons (Fsp3) is 0.0833. The van der Waals surface area contributed by atoms with Crippen LogP contribution in [0.2, 0.25) is 0 Å². The van der Waals surface area contributed by atoms with E-state index < -0.39 is 5.92 Å². The SMILES string of the molecule is C=CCn1c(=NC(=O)C(c2ccccc2)c2ccccc2)sc2ccccc21. The number of hydrogen-bond donors (Lipinski definition) is 0. The van der Waals surface area contributed by atoms with Gasteiger partial charge >= 0.3 is 0 Å². The fourth-order valence-corrected chi connectivity index (χ4v) is 4.38. The van der Waals surface area contributed by atoms with E-state index in [2.05, 4.69) is 17.6 Å². The normalized spacial score (nSPS) is 11.8. The molecule has 0 aliphatic heterocycles. The van der Waals surface area contributed by atoms with E-state index in [-0.39, 0.29) is 5.91 Å². The van der Waals surface area contributed by atoms with Gasteiger partial charge in [0.15, 0.2) is 4.80 Å². The molecule has 28 heavy (non-hydrogen) atoms. The maximum Gasteiger partial charge on any atom is 0.260 e. The number of carbonyl (C=O) groups excluding carboxylic acids is 1. The Hall–Kier alpha value is -3.24. The number of nitrogens with zero attached hydrogens (tertiary/aromatic N) is 2. The molecule has 4 rings (SSSR count). The highest BCUT2D eigenvalue weighted by atomic mass is 32.1. The van der Waals surface area contributed by atoms with Crippen molar-refractivity contribution in [1.29, 1.82) is 0 Å². The van der Waals surface area contributed by atoms with Gasteiger partial charge in [0.05, 0.1) is 16.1 Å². The van der Waals surface area contributed by atoms with E-state index in [4.69, 9.17) is 0 Å². The second-order valence-corrected chi connectivity index (χ2v) is 7.47. The van der Waals surface area contributed by atoms with Gasteiger partial charge in [-0.3, -0.25) is 4.79 Å². The number of para-hydroxylation sites is 1. The first-order chi connectivity index (χ1) is 13.8. The van der Waals surface area contributed by atoms with E-state index in [9.17, 15) is 4.79 Å². The molecule has 3 nitrogen and oxygen atoms in total. The minimum Gasteiger partial charge on any atom is -0.313 e. The average Bonchev–Trinajstić information content (AvgIpc) is 3.07. The van der Waals surface area contributed by atoms with Crippen molar-refractivity contribution < 1.29 is 4.79 Å². The molecule has 0 bridgehead atoms. The van der Waals surface area contributed by atoms with E-state index in [0.717, 1.165) is 21.3 Å². The maximum atomic E-state index is 13.3. The van der Waals surface area contributed by atoms with Gasteiger partial charge < -0.3 is 4.57 Å². The molecule has 4 aromatic rings. The first kappa shape index (κ1) is 18.1. The van der Waals surface area contributed by atoms with Crippen molar-refractivity contribution in [3.05, 3.63) is 114 Å². The third-order valence-electron chi connectivity index (χ3n) is 4.62. The summed E-state index contributed by atoms with van der Waals surface area (Å²) in [6, 6.07) is 27.7. The monoisotopic (exact) mass is 384 g/mol. The molecule has 1 amide bonds. The van der Waals surface area contributed by atoms with Gasteiger partial charge in [-0.25, -0.2) is 0 Å². The summed E-state index contributed by atoms with van der Waals surface area (Å²) in [6.07, 6.45) is 1.83. The number of hydrogen-bond acceptors (Lipinski definition) is 2. The number of amides is 1. The van der Waals surface area contributed by atoms with Gasteiger partial charge in [-0.15, -0.1) is 6.58 Å². The van der Waals surface area contributed by atoms with Crippen molar-refractivity contribution in [2.24, 2.45) is 4.99 Å². The molecule has 0 saturated heterocycles. The summed E-state index contributed by atoms with van der Waals surface area (Å²) < 4.78 is 3.14. The number of allylic oxidation sites excluding steroid dienone is 1. The Morgan fingerprint density at radius 1 is 0.929 bits per heavy atom. The molecular weight excluding hydrogens is 364 g/mol. The fourth-order valence-electron chi connectivity index (χ4n) is 3.34. The Morgan fingerprint density at radius 3 is 2.11 bits per heavy atom. The predicted octanol–water partition coefficient (Wildman–Crippen LogP) is 5.15. The molecule has 0 saturated carbocycles. The van der Waals surface area contributed by atoms with Crippen LogP contribution in [-0.4, -0.2) is 10.5 Å². The van der Waals surface area contributed by atoms with Gasteiger partial charge in [-0.05, 0) is 23.3 Å². The number of fused-ring (bicyclic) bond motifs is 1. The van der Waals surface area contributed by atoms with E-state index >= 15 is 0 Å². The number of carbonyl (C=O) groups is 1. The van der Waals surface area contributed by atoms with Crippen molar-refractivity contribution in [3.8, 4) is 0 Å². The van der Waals surface area contributed by atoms with Crippen molar-refractivity contribution in [2.75, 3.05) is 0 Å². The van der Waals surface area contributed by atoms with Crippen molar-refractivity contribution in [1.82, 2.24) is 4.57 Å². The molecule has 138 valence electrons. The first-order valence-electron chi connectivity index (χ1n) is 9.15. The Kier molecular flexibility index (Phi) is 5.31. The van der Waals surface area contributed by atoms with Gasteiger partial charge in [-0.2, -0.15) is 4.99 Å². The third kappa shape index (κ3) is 3.59. The molecule has 0 fully saturated rings. The van der Waals surface area contributed by atoms with Gasteiger partial charge in [0.25, 0.3) is 5.91 Å². The lowest BCUT2D eigenvalue weighted by Gasteiger charge is -2.14. The van der Waals surface area contributed by atoms with Crippen LogP contribution in [0.15, 0.2) is 103 Å². The smallest absolute Gasteiger partial charge is 0.260 e. The second-order valence-electron chi connectivity index (χ2n) is 6.46. The molecule has 3 aromatic carbocycles. The molecule has 0 aliphatic rings. The Bertz CT molecular complexity index is 1130. The minimum atomic E-state index is -0.426. The zero-order valence-electron chi connectivity index (χ0n) is 15.4. The van der Waals surface area contributed by atoms with Crippen molar-refractivity contribution in [2.45, 2.75) is 12.5 Å². The third-order valence-corrected chi connectivity index (χ3v) is 5.68. The molecule has 0 unspecified atom stereocenters. The molecule has 0 aliphatic carbocycles. The van der Waals surface area contributed by atoms with E-state index in [1.807, 2.05) is 89.5 Å². The first-order valence-corrected chi connectivity index (χ1v) is 9.97. The molecule has 4 heteroatoms. The molecule has 0 radical (unpaired) electrons. The topological polar surface area (TPSA) is 34.4 Å². The zero-order chi connectivity index (χ0) is 19.3. The summed E-state index contributed by atoms with van der Waals surface area (Å²) in [5, 5.41) is 0. The standard InChI is InChI=1S/C24H20N2OS/c1-2-17-26-20-15-9-10-16-21(20)28-24(26)25-23(27)22(18-11-5-3-6-12-18)19-13-7-4-8-14-19/h2-16,22H,1,17H2. The average molecular weight is 385 g/mol. The lowest BCUT2D eigenvalue weighted by molar-refractivity contribution is -0.118. The van der Waals surface area contributed by atoms with Crippen LogP contribution < -0.4 is 4.80 Å². The van der Waals surface area contributed by atoms with Crippen LogP contribution in [0.4, 0.5) is 0 Å². The van der Waals surface area contributed by atoms with Gasteiger partial charge in [0, 0.05) is 6.54 Å². The van der Waals surface area contributed by atoms with Crippen LogP contribution in [0.1, 0.15) is 17.0 Å². The molecule has 0 N–H and O–H groups in total. The number of benzene rings is 3. The summed E-state index contributed by atoms with van der Waals surface area (Å²) in [6.45, 7) is 4.46. The highest BCUT2D eigenvalue weighted by Crippen LogP contribution is 2.26. The number of aromatic nitrogens is 1. The lowest BCUT2D eigenvalue weighted by Crippen LogP contribution is -2.20. The quantitative estimate of drug-likeness (QED) is 0.438. The molecule has 0 atom stereocenters. The van der Waals surface area contributed by atoms with Crippen LogP contribution in [0.5, 0.6) is 0 Å². The van der Waals surface area contributed by atoms with Gasteiger partial charge in [-0.1, -0.05) is 90.2 Å². The summed E-state index contributed by atoms with van der Waals surface area (Å²) in [7, 11) is 0. The summed E-state index contributed by atoms with van der Waals surface area (Å²) in [5.41, 5.74) is 2.95. The van der Waals surface area contributed by atoms with E-state index in [1.165, 1.54) is 11.3 Å². The van der Waals surface area contributed by atoms with Crippen LogP contribution in [0.3, 0.4) is 0 Å². The lowest BCUT2D eigenvalue weighted by atomic mass is 9.91. The Labute approximate surface area is 167 Å². The highest BCUT2D eigenvalue weighted by Gasteiger charge is 2.22. The molecule has 0 spiro atoms. The van der Waals surface area contributed by atoms with Crippen LogP contribution in [0, 0.1) is 0 Å².